The Labute approximate surface area is 137 Å². The van der Waals surface area contributed by atoms with Gasteiger partial charge in [-0.2, -0.15) is 0 Å². The zero-order valence-electron chi connectivity index (χ0n) is 11.9. The van der Waals surface area contributed by atoms with Crippen molar-refractivity contribution in [3.63, 3.8) is 0 Å². The number of hydrogen-bond donors (Lipinski definition) is 2. The van der Waals surface area contributed by atoms with E-state index in [0.29, 0.717) is 22.0 Å². The lowest BCUT2D eigenvalue weighted by Crippen LogP contribution is -2.46. The summed E-state index contributed by atoms with van der Waals surface area (Å²) < 4.78 is 0. The highest BCUT2D eigenvalue weighted by molar-refractivity contribution is 6.30. The number of benzene rings is 2. The summed E-state index contributed by atoms with van der Waals surface area (Å²) in [5, 5.41) is 12.5. The fourth-order valence-electron chi connectivity index (χ4n) is 2.50. The number of carboxylic acids is 1. The second-order valence-electron chi connectivity index (χ2n) is 5.15. The van der Waals surface area contributed by atoms with Crippen LogP contribution >= 0.6 is 11.6 Å². The molecule has 1 aliphatic rings. The Kier molecular flexibility index (Phi) is 4.12. The van der Waals surface area contributed by atoms with Crippen LogP contribution in [0, 0.1) is 5.92 Å². The first-order chi connectivity index (χ1) is 11.1. The van der Waals surface area contributed by atoms with Gasteiger partial charge in [-0.25, -0.2) is 0 Å². The molecule has 6 heteroatoms. The van der Waals surface area contributed by atoms with Crippen LogP contribution < -0.4 is 5.32 Å². The highest BCUT2D eigenvalue weighted by Crippen LogP contribution is 2.30. The van der Waals surface area contributed by atoms with Crippen molar-refractivity contribution < 1.29 is 14.7 Å². The van der Waals surface area contributed by atoms with Crippen LogP contribution in [0.2, 0.25) is 5.02 Å². The van der Waals surface area contributed by atoms with Crippen LogP contribution in [0.3, 0.4) is 0 Å². The molecule has 3 rings (SSSR count). The number of carbonyl (C=O) groups excluding carboxylic acids is 1. The van der Waals surface area contributed by atoms with Gasteiger partial charge in [0.15, 0.2) is 5.92 Å². The molecule has 0 aliphatic carbocycles. The highest BCUT2D eigenvalue weighted by atomic mass is 35.5. The van der Waals surface area contributed by atoms with Crippen molar-refractivity contribution in [3.8, 4) is 0 Å². The summed E-state index contributed by atoms with van der Waals surface area (Å²) in [6.07, 6.45) is 0. The van der Waals surface area contributed by atoms with E-state index in [9.17, 15) is 14.7 Å². The van der Waals surface area contributed by atoms with E-state index >= 15 is 0 Å². The highest BCUT2D eigenvalue weighted by Gasteiger charge is 2.39. The van der Waals surface area contributed by atoms with E-state index in [1.165, 1.54) is 0 Å². The van der Waals surface area contributed by atoms with Crippen molar-refractivity contribution in [1.29, 1.82) is 0 Å². The molecular formula is C17H13ClN2O3. The summed E-state index contributed by atoms with van der Waals surface area (Å²) >= 11 is 5.86. The number of amides is 1. The van der Waals surface area contributed by atoms with Crippen molar-refractivity contribution in [3.05, 3.63) is 70.7 Å². The molecule has 0 aromatic heterocycles. The molecular weight excluding hydrogens is 316 g/mol. The Hall–Kier alpha value is -2.66. The van der Waals surface area contributed by atoms with E-state index in [4.69, 9.17) is 11.6 Å². The second-order valence-corrected chi connectivity index (χ2v) is 5.58. The molecule has 0 bridgehead atoms. The maximum atomic E-state index is 12.3. The SMILES string of the molecule is O=C(O)C1C(=O)NC(c2ccc(Cl)cc2)=NC1c1ccccc1. The molecule has 0 radical (unpaired) electrons. The number of halogens is 1. The first-order valence-corrected chi connectivity index (χ1v) is 7.36. The number of aliphatic carboxylic acids is 1. The third-order valence-electron chi connectivity index (χ3n) is 3.63. The summed E-state index contributed by atoms with van der Waals surface area (Å²) in [4.78, 5) is 28.2. The molecule has 2 N–H and O–H groups in total. The van der Waals surface area contributed by atoms with E-state index < -0.39 is 23.8 Å². The number of hydrogen-bond acceptors (Lipinski definition) is 3. The fraction of sp³-hybridized carbons (Fsp3) is 0.118. The summed E-state index contributed by atoms with van der Waals surface area (Å²) in [6.45, 7) is 0. The van der Waals surface area contributed by atoms with Crippen LogP contribution in [0.5, 0.6) is 0 Å². The Morgan fingerprint density at radius 1 is 1.09 bits per heavy atom. The van der Waals surface area contributed by atoms with Crippen molar-refractivity contribution in [2.24, 2.45) is 10.9 Å². The summed E-state index contributed by atoms with van der Waals surface area (Å²) in [7, 11) is 0. The van der Waals surface area contributed by atoms with Gasteiger partial charge in [0.05, 0.1) is 6.04 Å². The number of rotatable bonds is 3. The van der Waals surface area contributed by atoms with Crippen molar-refractivity contribution in [2.75, 3.05) is 0 Å². The number of nitrogens with one attached hydrogen (secondary N) is 1. The van der Waals surface area contributed by atoms with Crippen LogP contribution in [0.1, 0.15) is 17.2 Å². The average molecular weight is 329 g/mol. The lowest BCUT2D eigenvalue weighted by atomic mass is 9.91. The van der Waals surface area contributed by atoms with E-state index in [-0.39, 0.29) is 0 Å². The smallest absolute Gasteiger partial charge is 0.318 e. The van der Waals surface area contributed by atoms with Gasteiger partial charge in [0.1, 0.15) is 5.84 Å². The number of aliphatic imine (C=N–C) groups is 1. The third kappa shape index (κ3) is 3.10. The number of carboxylic acid groups (broad SMARTS) is 1. The first kappa shape index (κ1) is 15.2. The van der Waals surface area contributed by atoms with Gasteiger partial charge in [-0.05, 0) is 29.8 Å². The second kappa shape index (κ2) is 6.22. The summed E-state index contributed by atoms with van der Waals surface area (Å²) in [5.41, 5.74) is 1.36. The predicted octanol–water partition coefficient (Wildman–Crippen LogP) is 2.66. The molecule has 1 aliphatic heterocycles. The van der Waals surface area contributed by atoms with Crippen LogP contribution in [0.4, 0.5) is 0 Å². The van der Waals surface area contributed by atoms with Gasteiger partial charge >= 0.3 is 5.97 Å². The molecule has 2 unspecified atom stereocenters. The predicted molar refractivity (Wildman–Crippen MR) is 86.4 cm³/mol. The molecule has 0 saturated heterocycles. The van der Waals surface area contributed by atoms with Crippen molar-refractivity contribution in [2.45, 2.75) is 6.04 Å². The molecule has 2 atom stereocenters. The van der Waals surface area contributed by atoms with Crippen molar-refractivity contribution >= 4 is 29.3 Å². The zero-order chi connectivity index (χ0) is 16.4. The first-order valence-electron chi connectivity index (χ1n) is 6.98. The Morgan fingerprint density at radius 2 is 1.74 bits per heavy atom. The minimum absolute atomic E-state index is 0.345. The van der Waals surface area contributed by atoms with Crippen LogP contribution in [0.25, 0.3) is 0 Å². The standard InChI is InChI=1S/C17H13ClN2O3/c18-12-8-6-11(7-9-12)15-19-14(10-4-2-1-3-5-10)13(17(22)23)16(21)20-15/h1-9,13-14H,(H,22,23)(H,19,20,21). The molecule has 116 valence electrons. The molecule has 2 aromatic carbocycles. The minimum atomic E-state index is -1.26. The van der Waals surface area contributed by atoms with E-state index in [1.807, 2.05) is 6.07 Å². The molecule has 1 amide bonds. The molecule has 0 spiro atoms. The molecule has 2 aromatic rings. The Balaban J connectivity index is 2.07. The van der Waals surface area contributed by atoms with Gasteiger partial charge in [-0.15, -0.1) is 0 Å². The minimum Gasteiger partial charge on any atom is -0.481 e. The van der Waals surface area contributed by atoms with Crippen LogP contribution in [0.15, 0.2) is 59.6 Å². The quantitative estimate of drug-likeness (QED) is 0.850. The van der Waals surface area contributed by atoms with E-state index in [1.54, 1.807) is 48.5 Å². The lowest BCUT2D eigenvalue weighted by molar-refractivity contribution is -0.147. The van der Waals surface area contributed by atoms with Gasteiger partial charge in [-0.1, -0.05) is 41.9 Å². The molecule has 0 saturated carbocycles. The number of amidine groups is 1. The maximum absolute atomic E-state index is 12.3. The molecule has 0 fully saturated rings. The maximum Gasteiger partial charge on any atom is 0.318 e. The summed E-state index contributed by atoms with van der Waals surface area (Å²) in [5.74, 6) is -2.69. The normalized spacial score (nSPS) is 20.6. The molecule has 1 heterocycles. The van der Waals surface area contributed by atoms with E-state index in [2.05, 4.69) is 10.3 Å². The zero-order valence-corrected chi connectivity index (χ0v) is 12.7. The molecule has 5 nitrogen and oxygen atoms in total. The lowest BCUT2D eigenvalue weighted by Gasteiger charge is -2.27. The Morgan fingerprint density at radius 3 is 2.35 bits per heavy atom. The van der Waals surface area contributed by atoms with Crippen LogP contribution in [-0.4, -0.2) is 22.8 Å². The third-order valence-corrected chi connectivity index (χ3v) is 3.88. The van der Waals surface area contributed by atoms with Gasteiger partial charge in [0.2, 0.25) is 5.91 Å². The van der Waals surface area contributed by atoms with Crippen molar-refractivity contribution in [1.82, 2.24) is 5.32 Å². The van der Waals surface area contributed by atoms with Gasteiger partial charge in [-0.3, -0.25) is 14.6 Å². The van der Waals surface area contributed by atoms with Gasteiger partial charge in [0.25, 0.3) is 0 Å². The topological polar surface area (TPSA) is 78.8 Å². The summed E-state index contributed by atoms with van der Waals surface area (Å²) in [6, 6.07) is 15.0. The van der Waals surface area contributed by atoms with Crippen LogP contribution in [-0.2, 0) is 9.59 Å². The largest absolute Gasteiger partial charge is 0.481 e. The fourth-order valence-corrected chi connectivity index (χ4v) is 2.63. The average Bonchev–Trinajstić information content (AvgIpc) is 2.55. The monoisotopic (exact) mass is 328 g/mol. The Bertz CT molecular complexity index is 772. The number of nitrogens with zero attached hydrogens (tertiary/aromatic N) is 1. The molecule has 23 heavy (non-hydrogen) atoms. The van der Waals surface area contributed by atoms with Gasteiger partial charge < -0.3 is 10.4 Å². The number of carbonyl (C=O) groups is 2. The van der Waals surface area contributed by atoms with E-state index in [0.717, 1.165) is 0 Å². The van der Waals surface area contributed by atoms with Gasteiger partial charge in [0, 0.05) is 10.6 Å².